The van der Waals surface area contributed by atoms with E-state index in [1.54, 1.807) is 0 Å². The third kappa shape index (κ3) is 2.61. The maximum atomic E-state index is 6.55. The summed E-state index contributed by atoms with van der Waals surface area (Å²) in [5.41, 5.74) is 1.14. The molecule has 0 aliphatic carbocycles. The van der Waals surface area contributed by atoms with Gasteiger partial charge in [-0.2, -0.15) is 0 Å². The van der Waals surface area contributed by atoms with Crippen LogP contribution in [-0.4, -0.2) is 13.9 Å². The number of fused-ring (bicyclic) bond motifs is 1. The van der Waals surface area contributed by atoms with Crippen LogP contribution in [0.4, 0.5) is 0 Å². The van der Waals surface area contributed by atoms with Gasteiger partial charge in [0.2, 0.25) is 0 Å². The molecule has 0 radical (unpaired) electrons. The predicted molar refractivity (Wildman–Crippen MR) is 84.7 cm³/mol. The molecule has 0 spiro atoms. The van der Waals surface area contributed by atoms with Crippen molar-refractivity contribution < 1.29 is 7.53 Å². The Hall–Kier alpha value is 0.00286. The molecule has 0 bridgehead atoms. The number of benzene rings is 1. The first-order chi connectivity index (χ1) is 8.57. The summed E-state index contributed by atoms with van der Waals surface area (Å²) in [5, 5.41) is 0. The van der Waals surface area contributed by atoms with Crippen molar-refractivity contribution >= 4 is 29.9 Å². The van der Waals surface area contributed by atoms with Crippen LogP contribution in [0.25, 0.3) is 0 Å². The van der Waals surface area contributed by atoms with Gasteiger partial charge in [0.25, 0.3) is 0 Å². The molecule has 106 valence electrons. The topological polar surface area (TPSA) is 18.5 Å². The molecule has 0 atom stereocenters. The van der Waals surface area contributed by atoms with Gasteiger partial charge < -0.3 is 0 Å². The normalized spacial score (nSPS) is 18.7. The van der Waals surface area contributed by atoms with E-state index in [1.165, 1.54) is 0 Å². The predicted octanol–water partition coefficient (Wildman–Crippen LogP) is 5.40. The van der Waals surface area contributed by atoms with Gasteiger partial charge >= 0.3 is 128 Å². The Morgan fingerprint density at radius 2 is 1.63 bits per heavy atom. The van der Waals surface area contributed by atoms with Gasteiger partial charge in [-0.3, -0.25) is 0 Å². The maximum absolute atomic E-state index is 6.55. The first-order valence-electron chi connectivity index (χ1n) is 6.68. The fraction of sp³-hybridized carbons (Fsp3) is 0.600. The Morgan fingerprint density at radius 3 is 2.16 bits per heavy atom. The van der Waals surface area contributed by atoms with Crippen molar-refractivity contribution in [2.75, 3.05) is 0 Å². The van der Waals surface area contributed by atoms with Gasteiger partial charge in [0.15, 0.2) is 0 Å². The fourth-order valence-electron chi connectivity index (χ4n) is 2.99. The molecular weight excluding hydrogens is 365 g/mol. The van der Waals surface area contributed by atoms with Gasteiger partial charge in [0, 0.05) is 0 Å². The third-order valence-corrected chi connectivity index (χ3v) is 14.7. The summed E-state index contributed by atoms with van der Waals surface area (Å²) < 4.78 is 14.2. The zero-order valence-corrected chi connectivity index (χ0v) is 16.3. The number of rotatable bonds is 0. The van der Waals surface area contributed by atoms with E-state index in [2.05, 4.69) is 69.6 Å². The summed E-state index contributed by atoms with van der Waals surface area (Å²) >= 11 is 0.521. The number of hydrogen-bond donors (Lipinski definition) is 0. The molecule has 1 aliphatic heterocycles. The Bertz CT molecular complexity index is 472. The van der Waals surface area contributed by atoms with Gasteiger partial charge in [-0.1, -0.05) is 0 Å². The zero-order chi connectivity index (χ0) is 14.5. The van der Waals surface area contributed by atoms with Crippen molar-refractivity contribution in [1.82, 2.24) is 0 Å². The summed E-state index contributed by atoms with van der Waals surface area (Å²) in [6.07, 6.45) is 0. The second-order valence-corrected chi connectivity index (χ2v) is 18.1. The Kier molecular flexibility index (Phi) is 3.87. The Balaban J connectivity index is 2.49. The van der Waals surface area contributed by atoms with Gasteiger partial charge in [-0.05, 0) is 0 Å². The van der Waals surface area contributed by atoms with Gasteiger partial charge in [-0.25, -0.2) is 0 Å². The standard InChI is InChI=1S/C15H23BrGeO2/c1-14(2,3)17(15(4,5)6)18-10-11-9-12(16)7-8-13(11)19-17/h7-9H,10H2,1-6H3. The molecule has 2 rings (SSSR count). The SMILES string of the molecule is C[C](C)(C)[Ge]1([C](C)(C)C)[O]Cc2cc(Br)ccc2[O]1. The van der Waals surface area contributed by atoms with E-state index < -0.39 is 13.9 Å². The molecule has 1 aromatic rings. The van der Waals surface area contributed by atoms with Crippen LogP contribution in [0.3, 0.4) is 0 Å². The summed E-state index contributed by atoms with van der Waals surface area (Å²) in [7, 11) is 0. The van der Waals surface area contributed by atoms with Crippen LogP contribution < -0.4 is 3.76 Å². The van der Waals surface area contributed by atoms with Crippen LogP contribution >= 0.6 is 15.9 Å². The minimum atomic E-state index is -2.98. The van der Waals surface area contributed by atoms with Crippen molar-refractivity contribution in [2.45, 2.75) is 56.6 Å². The fourth-order valence-corrected chi connectivity index (χ4v) is 13.2. The Morgan fingerprint density at radius 1 is 1.05 bits per heavy atom. The van der Waals surface area contributed by atoms with Gasteiger partial charge in [0.05, 0.1) is 0 Å². The van der Waals surface area contributed by atoms with Crippen LogP contribution in [0.2, 0.25) is 8.49 Å². The summed E-state index contributed by atoms with van der Waals surface area (Å²) in [6, 6.07) is 6.20. The van der Waals surface area contributed by atoms with Crippen LogP contribution in [0.1, 0.15) is 47.1 Å². The summed E-state index contributed by atoms with van der Waals surface area (Å²) in [5.74, 6) is 1.01. The van der Waals surface area contributed by atoms with Crippen molar-refractivity contribution in [3.63, 3.8) is 0 Å². The monoisotopic (exact) mass is 388 g/mol. The summed E-state index contributed by atoms with van der Waals surface area (Å²) in [6.45, 7) is 14.2. The van der Waals surface area contributed by atoms with E-state index in [1.807, 2.05) is 6.07 Å². The van der Waals surface area contributed by atoms with E-state index in [0.717, 1.165) is 15.8 Å². The molecule has 0 N–H and O–H groups in total. The van der Waals surface area contributed by atoms with E-state index in [0.29, 0.717) is 6.61 Å². The van der Waals surface area contributed by atoms with E-state index in [-0.39, 0.29) is 8.49 Å². The molecule has 1 aliphatic rings. The van der Waals surface area contributed by atoms with Gasteiger partial charge in [-0.15, -0.1) is 0 Å². The van der Waals surface area contributed by atoms with Crippen LogP contribution in [0.15, 0.2) is 22.7 Å². The van der Waals surface area contributed by atoms with Crippen molar-refractivity contribution in [1.29, 1.82) is 0 Å². The van der Waals surface area contributed by atoms with Crippen molar-refractivity contribution in [2.24, 2.45) is 0 Å². The minimum absolute atomic E-state index is 0.0724. The molecular formula is C15H23BrGeO2. The van der Waals surface area contributed by atoms with E-state index >= 15 is 0 Å². The summed E-state index contributed by atoms with van der Waals surface area (Å²) in [4.78, 5) is 0. The zero-order valence-electron chi connectivity index (χ0n) is 12.6. The van der Waals surface area contributed by atoms with Crippen molar-refractivity contribution in [3.8, 4) is 5.75 Å². The molecule has 1 heterocycles. The molecule has 0 saturated carbocycles. The molecule has 0 saturated heterocycles. The number of halogens is 1. The molecule has 19 heavy (non-hydrogen) atoms. The molecule has 0 aromatic heterocycles. The average Bonchev–Trinajstić information content (AvgIpc) is 2.25. The molecule has 4 heteroatoms. The molecule has 1 aromatic carbocycles. The molecule has 0 amide bonds. The molecule has 0 unspecified atom stereocenters. The Labute approximate surface area is 128 Å². The average molecular weight is 388 g/mol. The van der Waals surface area contributed by atoms with Crippen LogP contribution in [0.5, 0.6) is 5.75 Å². The van der Waals surface area contributed by atoms with Crippen LogP contribution in [-0.2, 0) is 10.4 Å². The molecule has 0 fully saturated rings. The first kappa shape index (κ1) is 15.4. The molecule has 2 nitrogen and oxygen atoms in total. The van der Waals surface area contributed by atoms with Crippen molar-refractivity contribution in [3.05, 3.63) is 28.2 Å². The first-order valence-corrected chi connectivity index (χ1v) is 11.3. The quantitative estimate of drug-likeness (QED) is 0.555. The van der Waals surface area contributed by atoms with E-state index in [9.17, 15) is 0 Å². The van der Waals surface area contributed by atoms with E-state index in [4.69, 9.17) is 7.53 Å². The second-order valence-electron chi connectivity index (χ2n) is 7.26. The number of hydrogen-bond acceptors (Lipinski definition) is 2. The van der Waals surface area contributed by atoms with Gasteiger partial charge in [0.1, 0.15) is 0 Å². The third-order valence-electron chi connectivity index (χ3n) is 3.68. The second kappa shape index (κ2) is 4.78. The van der Waals surface area contributed by atoms with Crippen LogP contribution in [0, 0.1) is 0 Å².